The lowest BCUT2D eigenvalue weighted by Crippen LogP contribution is -3.28. The van der Waals surface area contributed by atoms with Gasteiger partial charge in [0.2, 0.25) is 0 Å². The molecule has 0 aliphatic carbocycles. The molecule has 5 heteroatoms. The fourth-order valence-electron chi connectivity index (χ4n) is 3.76. The molecule has 1 aliphatic rings. The molecule has 3 rings (SSSR count). The highest BCUT2D eigenvalue weighted by Gasteiger charge is 2.25. The molecule has 0 atom stereocenters. The first-order chi connectivity index (χ1) is 13.0. The van der Waals surface area contributed by atoms with Gasteiger partial charge in [-0.15, -0.1) is 0 Å². The number of anilines is 1. The second kappa shape index (κ2) is 9.02. The summed E-state index contributed by atoms with van der Waals surface area (Å²) < 4.78 is 5.31. The number of rotatable bonds is 6. The molecule has 1 aliphatic heterocycles. The molecule has 3 N–H and O–H groups in total. The van der Waals surface area contributed by atoms with Crippen molar-refractivity contribution in [2.75, 3.05) is 45.2 Å². The molecule has 1 amide bonds. The van der Waals surface area contributed by atoms with Crippen LogP contribution >= 0.6 is 0 Å². The van der Waals surface area contributed by atoms with Gasteiger partial charge in [-0.3, -0.25) is 4.79 Å². The maximum atomic E-state index is 12.4. The second-order valence-corrected chi connectivity index (χ2v) is 7.57. The van der Waals surface area contributed by atoms with E-state index in [1.165, 1.54) is 16.0 Å². The van der Waals surface area contributed by atoms with Crippen LogP contribution in [-0.4, -0.2) is 45.7 Å². The molecule has 0 radical (unpaired) electrons. The Labute approximate surface area is 161 Å². The van der Waals surface area contributed by atoms with Gasteiger partial charge in [0.15, 0.2) is 6.54 Å². The number of carbonyl (C=O) groups excluding carboxylic acids is 1. The number of aryl methyl sites for hydroxylation is 2. The number of ether oxygens (including phenoxy) is 1. The number of quaternary nitrogens is 2. The summed E-state index contributed by atoms with van der Waals surface area (Å²) >= 11 is 0. The van der Waals surface area contributed by atoms with Crippen molar-refractivity contribution in [3.05, 3.63) is 59.2 Å². The number of nitrogens with one attached hydrogen (secondary N) is 3. The van der Waals surface area contributed by atoms with Crippen LogP contribution in [0.4, 0.5) is 5.69 Å². The number of piperazine rings is 1. The van der Waals surface area contributed by atoms with E-state index in [1.54, 1.807) is 12.0 Å². The molecule has 0 bridgehead atoms. The van der Waals surface area contributed by atoms with Crippen LogP contribution in [-0.2, 0) is 11.3 Å². The molecule has 0 unspecified atom stereocenters. The second-order valence-electron chi connectivity index (χ2n) is 7.57. The van der Waals surface area contributed by atoms with Crippen LogP contribution in [0.15, 0.2) is 42.5 Å². The average molecular weight is 370 g/mol. The van der Waals surface area contributed by atoms with E-state index in [0.29, 0.717) is 6.54 Å². The minimum atomic E-state index is 0.105. The van der Waals surface area contributed by atoms with E-state index < -0.39 is 0 Å². The first kappa shape index (κ1) is 19.4. The van der Waals surface area contributed by atoms with Crippen LogP contribution in [0.3, 0.4) is 0 Å². The highest BCUT2D eigenvalue weighted by Crippen LogP contribution is 2.15. The van der Waals surface area contributed by atoms with Crippen LogP contribution in [0.1, 0.15) is 16.7 Å². The molecule has 0 spiro atoms. The minimum Gasteiger partial charge on any atom is -0.497 e. The van der Waals surface area contributed by atoms with Crippen LogP contribution in [0.2, 0.25) is 0 Å². The van der Waals surface area contributed by atoms with Gasteiger partial charge in [-0.05, 0) is 37.6 Å². The normalized spacial score (nSPS) is 19.5. The smallest absolute Gasteiger partial charge is 0.279 e. The zero-order chi connectivity index (χ0) is 19.2. The predicted octanol–water partition coefficient (Wildman–Crippen LogP) is 0.234. The molecule has 0 saturated carbocycles. The minimum absolute atomic E-state index is 0.105. The lowest BCUT2D eigenvalue weighted by molar-refractivity contribution is -1.02. The number of amides is 1. The lowest BCUT2D eigenvalue weighted by atomic mass is 10.1. The largest absolute Gasteiger partial charge is 0.497 e. The van der Waals surface area contributed by atoms with E-state index in [-0.39, 0.29) is 5.91 Å². The third kappa shape index (κ3) is 5.55. The summed E-state index contributed by atoms with van der Waals surface area (Å²) in [6.45, 7) is 9.89. The van der Waals surface area contributed by atoms with Gasteiger partial charge in [-0.1, -0.05) is 29.8 Å². The van der Waals surface area contributed by atoms with E-state index in [1.807, 2.05) is 31.2 Å². The Morgan fingerprint density at radius 1 is 1.04 bits per heavy atom. The molecule has 0 aromatic heterocycles. The summed E-state index contributed by atoms with van der Waals surface area (Å²) in [6, 6.07) is 14.4. The van der Waals surface area contributed by atoms with E-state index in [9.17, 15) is 4.79 Å². The number of carbonyl (C=O) groups is 1. The number of hydrogen-bond donors (Lipinski definition) is 3. The monoisotopic (exact) mass is 369 g/mol. The Balaban J connectivity index is 1.45. The summed E-state index contributed by atoms with van der Waals surface area (Å²) in [5.74, 6) is 1.02. The summed E-state index contributed by atoms with van der Waals surface area (Å²) in [7, 11) is 1.71. The van der Waals surface area contributed by atoms with E-state index in [2.05, 4.69) is 30.4 Å². The zero-order valence-electron chi connectivity index (χ0n) is 16.6. The molecule has 2 aromatic carbocycles. The van der Waals surface area contributed by atoms with Crippen molar-refractivity contribution >= 4 is 11.6 Å². The fraction of sp³-hybridized carbons (Fsp3) is 0.409. The highest BCUT2D eigenvalue weighted by molar-refractivity contribution is 5.92. The zero-order valence-corrected chi connectivity index (χ0v) is 16.6. The van der Waals surface area contributed by atoms with Crippen LogP contribution < -0.4 is 19.9 Å². The Kier molecular flexibility index (Phi) is 6.48. The maximum absolute atomic E-state index is 12.4. The van der Waals surface area contributed by atoms with Gasteiger partial charge in [0, 0.05) is 11.3 Å². The van der Waals surface area contributed by atoms with Gasteiger partial charge in [0.05, 0.1) is 7.11 Å². The Hall–Kier alpha value is -2.37. The summed E-state index contributed by atoms with van der Waals surface area (Å²) in [4.78, 5) is 15.3. The molecular formula is C22H31N3O2+2. The van der Waals surface area contributed by atoms with Gasteiger partial charge < -0.3 is 19.9 Å². The predicted molar refractivity (Wildman–Crippen MR) is 108 cm³/mol. The van der Waals surface area contributed by atoms with Crippen molar-refractivity contribution in [1.29, 1.82) is 0 Å². The van der Waals surface area contributed by atoms with Gasteiger partial charge in [0.25, 0.3) is 5.91 Å². The van der Waals surface area contributed by atoms with Crippen LogP contribution in [0.5, 0.6) is 5.75 Å². The summed E-state index contributed by atoms with van der Waals surface area (Å²) in [6.07, 6.45) is 0. The van der Waals surface area contributed by atoms with Crippen molar-refractivity contribution in [2.24, 2.45) is 0 Å². The third-order valence-electron chi connectivity index (χ3n) is 5.32. The van der Waals surface area contributed by atoms with Crippen LogP contribution in [0, 0.1) is 13.8 Å². The molecular weight excluding hydrogens is 338 g/mol. The Morgan fingerprint density at radius 2 is 1.78 bits per heavy atom. The standard InChI is InChI=1S/C22H29N3O2/c1-17-7-8-21(18(2)13-17)23-22(26)16-25-11-9-24(10-12-25)15-19-5-4-6-20(14-19)27-3/h4-8,13-14H,9-12,15-16H2,1-3H3,(H,23,26)/p+2. The molecule has 144 valence electrons. The maximum Gasteiger partial charge on any atom is 0.279 e. The van der Waals surface area contributed by atoms with Gasteiger partial charge in [0.1, 0.15) is 38.5 Å². The van der Waals surface area contributed by atoms with Gasteiger partial charge in [-0.25, -0.2) is 0 Å². The first-order valence-electron chi connectivity index (χ1n) is 9.70. The molecule has 5 nitrogen and oxygen atoms in total. The highest BCUT2D eigenvalue weighted by atomic mass is 16.5. The third-order valence-corrected chi connectivity index (χ3v) is 5.32. The average Bonchev–Trinajstić information content (AvgIpc) is 2.66. The SMILES string of the molecule is COc1cccc(C[NH+]2CC[NH+](CC(=O)Nc3ccc(C)cc3C)CC2)c1. The van der Waals surface area contributed by atoms with E-state index in [0.717, 1.165) is 49.7 Å². The topological polar surface area (TPSA) is 47.2 Å². The lowest BCUT2D eigenvalue weighted by Gasteiger charge is -2.29. The van der Waals surface area contributed by atoms with E-state index >= 15 is 0 Å². The molecule has 1 heterocycles. The molecule has 2 aromatic rings. The number of hydrogen-bond acceptors (Lipinski definition) is 2. The van der Waals surface area contributed by atoms with E-state index in [4.69, 9.17) is 4.74 Å². The Bertz CT molecular complexity index is 783. The van der Waals surface area contributed by atoms with Crippen molar-refractivity contribution < 1.29 is 19.3 Å². The number of benzene rings is 2. The molecule has 1 fully saturated rings. The van der Waals surface area contributed by atoms with Crippen molar-refractivity contribution in [3.63, 3.8) is 0 Å². The van der Waals surface area contributed by atoms with Crippen molar-refractivity contribution in [2.45, 2.75) is 20.4 Å². The molecule has 27 heavy (non-hydrogen) atoms. The van der Waals surface area contributed by atoms with Gasteiger partial charge >= 0.3 is 0 Å². The summed E-state index contributed by atoms with van der Waals surface area (Å²) in [5, 5.41) is 3.07. The van der Waals surface area contributed by atoms with Crippen molar-refractivity contribution in [1.82, 2.24) is 0 Å². The Morgan fingerprint density at radius 3 is 2.48 bits per heavy atom. The first-order valence-corrected chi connectivity index (χ1v) is 9.70. The molecule has 1 saturated heterocycles. The van der Waals surface area contributed by atoms with Gasteiger partial charge in [-0.2, -0.15) is 0 Å². The quantitative estimate of drug-likeness (QED) is 0.683. The van der Waals surface area contributed by atoms with Crippen molar-refractivity contribution in [3.8, 4) is 5.75 Å². The number of methoxy groups -OCH3 is 1. The summed E-state index contributed by atoms with van der Waals surface area (Å²) in [5.41, 5.74) is 4.56. The fourth-order valence-corrected chi connectivity index (χ4v) is 3.76. The van der Waals surface area contributed by atoms with Crippen LogP contribution in [0.25, 0.3) is 0 Å².